The molecule has 0 spiro atoms. The van der Waals surface area contributed by atoms with Crippen LogP contribution in [0.2, 0.25) is 0 Å². The van der Waals surface area contributed by atoms with E-state index in [4.69, 9.17) is 14.2 Å². The Kier molecular flexibility index (Phi) is 8.20. The summed E-state index contributed by atoms with van der Waals surface area (Å²) in [7, 11) is -0.589. The van der Waals surface area contributed by atoms with Crippen LogP contribution in [-0.2, 0) is 21.4 Å². The molecule has 180 valence electrons. The molecule has 1 aliphatic heterocycles. The van der Waals surface area contributed by atoms with E-state index in [9.17, 15) is 13.2 Å². The number of carbonyl (C=O) groups is 1. The molecule has 1 fully saturated rings. The van der Waals surface area contributed by atoms with E-state index in [1.165, 1.54) is 4.31 Å². The molecule has 0 saturated carbocycles. The molecular weight excluding hydrogens is 444 g/mol. The van der Waals surface area contributed by atoms with Gasteiger partial charge in [-0.1, -0.05) is 6.07 Å². The van der Waals surface area contributed by atoms with Gasteiger partial charge in [0.2, 0.25) is 15.9 Å². The highest BCUT2D eigenvalue weighted by molar-refractivity contribution is 7.89. The Bertz CT molecular complexity index is 1060. The maximum atomic E-state index is 13.2. The highest BCUT2D eigenvalue weighted by Gasteiger charge is 2.33. The molecule has 9 heteroatoms. The second-order valence-electron chi connectivity index (χ2n) is 7.92. The van der Waals surface area contributed by atoms with Gasteiger partial charge in [-0.15, -0.1) is 0 Å². The first-order chi connectivity index (χ1) is 15.8. The van der Waals surface area contributed by atoms with Crippen LogP contribution in [0, 0.1) is 12.8 Å². The van der Waals surface area contributed by atoms with Gasteiger partial charge in [-0.05, 0) is 62.6 Å². The summed E-state index contributed by atoms with van der Waals surface area (Å²) < 4.78 is 44.2. The normalized spacial score (nSPS) is 16.8. The van der Waals surface area contributed by atoms with Gasteiger partial charge in [0.15, 0.2) is 0 Å². The van der Waals surface area contributed by atoms with E-state index in [2.05, 4.69) is 5.32 Å². The van der Waals surface area contributed by atoms with Gasteiger partial charge in [-0.25, -0.2) is 8.42 Å². The van der Waals surface area contributed by atoms with Crippen molar-refractivity contribution in [2.45, 2.75) is 38.1 Å². The Balaban J connectivity index is 1.70. The second kappa shape index (κ2) is 10.9. The predicted octanol–water partition coefficient (Wildman–Crippen LogP) is 3.13. The first-order valence-electron chi connectivity index (χ1n) is 11.0. The zero-order chi connectivity index (χ0) is 24.0. The number of piperidine rings is 1. The molecule has 33 heavy (non-hydrogen) atoms. The molecule has 1 saturated heterocycles. The maximum absolute atomic E-state index is 13.2. The highest BCUT2D eigenvalue weighted by Crippen LogP contribution is 2.29. The van der Waals surface area contributed by atoms with E-state index in [0.29, 0.717) is 43.2 Å². The molecule has 0 unspecified atom stereocenters. The summed E-state index contributed by atoms with van der Waals surface area (Å²) in [5.41, 5.74) is 1.50. The molecule has 0 aliphatic carbocycles. The van der Waals surface area contributed by atoms with Crippen LogP contribution in [0.15, 0.2) is 41.3 Å². The summed E-state index contributed by atoms with van der Waals surface area (Å²) in [6.07, 6.45) is 1.24. The van der Waals surface area contributed by atoms with Gasteiger partial charge in [0.1, 0.15) is 17.2 Å². The van der Waals surface area contributed by atoms with Crippen molar-refractivity contribution >= 4 is 15.9 Å². The highest BCUT2D eigenvalue weighted by atomic mass is 32.2. The number of benzene rings is 2. The minimum atomic E-state index is -3.71. The summed E-state index contributed by atoms with van der Waals surface area (Å²) in [5, 5.41) is 2.92. The Morgan fingerprint density at radius 1 is 1.12 bits per heavy atom. The van der Waals surface area contributed by atoms with E-state index in [1.807, 2.05) is 19.9 Å². The van der Waals surface area contributed by atoms with Crippen LogP contribution in [0.25, 0.3) is 0 Å². The molecule has 2 aromatic rings. The number of carbonyl (C=O) groups excluding carboxylic acids is 1. The second-order valence-corrected chi connectivity index (χ2v) is 9.86. The Morgan fingerprint density at radius 3 is 2.42 bits per heavy atom. The summed E-state index contributed by atoms with van der Waals surface area (Å²) in [6.45, 7) is 4.97. The average Bonchev–Trinajstić information content (AvgIpc) is 2.83. The molecule has 8 nitrogen and oxygen atoms in total. The fourth-order valence-corrected chi connectivity index (χ4v) is 5.66. The minimum absolute atomic E-state index is 0.142. The van der Waals surface area contributed by atoms with Crippen molar-refractivity contribution in [1.82, 2.24) is 9.62 Å². The van der Waals surface area contributed by atoms with Crippen LogP contribution in [0.3, 0.4) is 0 Å². The molecule has 1 heterocycles. The molecule has 1 amide bonds. The standard InChI is InChI=1S/C24H32N2O6S/c1-5-32-21-12-11-19(14-17(21)2)33(28,29)26-13-7-8-18(16-26)24(27)25-15-20-22(30-3)9-6-10-23(20)31-4/h6,9-12,14,18H,5,7-8,13,15-16H2,1-4H3,(H,25,27)/t18-/m1/s1. The van der Waals surface area contributed by atoms with Crippen LogP contribution in [0.5, 0.6) is 17.2 Å². The molecule has 0 radical (unpaired) electrons. The lowest BCUT2D eigenvalue weighted by Crippen LogP contribution is -2.45. The number of sulfonamides is 1. The van der Waals surface area contributed by atoms with E-state index >= 15 is 0 Å². The summed E-state index contributed by atoms with van der Waals surface area (Å²) in [4.78, 5) is 13.1. The van der Waals surface area contributed by atoms with Crippen molar-refractivity contribution in [2.75, 3.05) is 33.9 Å². The van der Waals surface area contributed by atoms with Crippen LogP contribution in [0.4, 0.5) is 0 Å². The molecule has 0 bridgehead atoms. The zero-order valence-corrected chi connectivity index (χ0v) is 20.4. The monoisotopic (exact) mass is 476 g/mol. The Hall–Kier alpha value is -2.78. The van der Waals surface area contributed by atoms with Crippen molar-refractivity contribution in [3.8, 4) is 17.2 Å². The SMILES string of the molecule is CCOc1ccc(S(=O)(=O)N2CCC[C@@H](C(=O)NCc3c(OC)cccc3OC)C2)cc1C. The van der Waals surface area contributed by atoms with E-state index in [-0.39, 0.29) is 23.9 Å². The predicted molar refractivity (Wildman–Crippen MR) is 125 cm³/mol. The number of amides is 1. The Morgan fingerprint density at radius 2 is 1.82 bits per heavy atom. The maximum Gasteiger partial charge on any atom is 0.243 e. The van der Waals surface area contributed by atoms with E-state index in [1.54, 1.807) is 44.6 Å². The van der Waals surface area contributed by atoms with Gasteiger partial charge < -0.3 is 19.5 Å². The Labute approximate surface area is 195 Å². The van der Waals surface area contributed by atoms with E-state index in [0.717, 1.165) is 11.1 Å². The van der Waals surface area contributed by atoms with Crippen molar-refractivity contribution in [1.29, 1.82) is 0 Å². The van der Waals surface area contributed by atoms with Crippen molar-refractivity contribution in [3.05, 3.63) is 47.5 Å². The van der Waals surface area contributed by atoms with Crippen LogP contribution < -0.4 is 19.5 Å². The van der Waals surface area contributed by atoms with Gasteiger partial charge in [0.25, 0.3) is 0 Å². The lowest BCUT2D eigenvalue weighted by molar-refractivity contribution is -0.126. The smallest absolute Gasteiger partial charge is 0.243 e. The quantitative estimate of drug-likeness (QED) is 0.598. The van der Waals surface area contributed by atoms with Crippen molar-refractivity contribution < 1.29 is 27.4 Å². The van der Waals surface area contributed by atoms with Crippen LogP contribution in [-0.4, -0.2) is 52.5 Å². The fraction of sp³-hybridized carbons (Fsp3) is 0.458. The number of hydrogen-bond donors (Lipinski definition) is 1. The number of aryl methyl sites for hydroxylation is 1. The summed E-state index contributed by atoms with van der Waals surface area (Å²) >= 11 is 0. The van der Waals surface area contributed by atoms with Gasteiger partial charge in [0, 0.05) is 13.1 Å². The molecule has 2 aromatic carbocycles. The molecule has 1 N–H and O–H groups in total. The third-order valence-corrected chi connectivity index (χ3v) is 7.67. The molecule has 1 atom stereocenters. The van der Waals surface area contributed by atoms with Crippen LogP contribution in [0.1, 0.15) is 30.9 Å². The summed E-state index contributed by atoms with van der Waals surface area (Å²) in [5.74, 6) is 1.28. The van der Waals surface area contributed by atoms with Gasteiger partial charge in [-0.2, -0.15) is 4.31 Å². The minimum Gasteiger partial charge on any atom is -0.496 e. The molecule has 1 aliphatic rings. The molecule has 3 rings (SSSR count). The van der Waals surface area contributed by atoms with Gasteiger partial charge >= 0.3 is 0 Å². The fourth-order valence-electron chi connectivity index (χ4n) is 4.05. The van der Waals surface area contributed by atoms with Gasteiger partial charge in [0.05, 0.1) is 43.7 Å². The molecule has 0 aromatic heterocycles. The van der Waals surface area contributed by atoms with Crippen molar-refractivity contribution in [3.63, 3.8) is 0 Å². The largest absolute Gasteiger partial charge is 0.496 e. The van der Waals surface area contributed by atoms with Gasteiger partial charge in [-0.3, -0.25) is 4.79 Å². The number of methoxy groups -OCH3 is 2. The zero-order valence-electron chi connectivity index (χ0n) is 19.6. The lowest BCUT2D eigenvalue weighted by atomic mass is 9.98. The number of rotatable bonds is 9. The first-order valence-corrected chi connectivity index (χ1v) is 12.5. The van der Waals surface area contributed by atoms with Crippen molar-refractivity contribution in [2.24, 2.45) is 5.92 Å². The third-order valence-electron chi connectivity index (χ3n) is 5.81. The first kappa shape index (κ1) is 24.9. The summed E-state index contributed by atoms with van der Waals surface area (Å²) in [6, 6.07) is 10.3. The number of hydrogen-bond acceptors (Lipinski definition) is 6. The third kappa shape index (κ3) is 5.59. The topological polar surface area (TPSA) is 94.2 Å². The van der Waals surface area contributed by atoms with E-state index < -0.39 is 15.9 Å². The number of ether oxygens (including phenoxy) is 3. The molecular formula is C24H32N2O6S. The number of nitrogens with one attached hydrogen (secondary N) is 1. The lowest BCUT2D eigenvalue weighted by Gasteiger charge is -2.31. The average molecular weight is 477 g/mol. The number of nitrogens with zero attached hydrogens (tertiary/aromatic N) is 1. The van der Waals surface area contributed by atoms with Crippen LogP contribution >= 0.6 is 0 Å².